The van der Waals surface area contributed by atoms with Crippen LogP contribution in [0.2, 0.25) is 0 Å². The van der Waals surface area contributed by atoms with Gasteiger partial charge in [0, 0.05) is 37.1 Å². The van der Waals surface area contributed by atoms with Gasteiger partial charge in [0.2, 0.25) is 6.10 Å². The fourth-order valence-corrected chi connectivity index (χ4v) is 4.73. The monoisotopic (exact) mass is 592 g/mol. The molecule has 1 saturated heterocycles. The number of aromatic nitrogens is 2. The molecule has 0 radical (unpaired) electrons. The number of carbonyl (C=O) groups is 4. The van der Waals surface area contributed by atoms with Crippen LogP contribution in [0.25, 0.3) is 10.9 Å². The van der Waals surface area contributed by atoms with Gasteiger partial charge in [-0.05, 0) is 71.9 Å². The Kier molecular flexibility index (Phi) is 7.91. The maximum Gasteiger partial charge on any atom is 0.410 e. The Morgan fingerprint density at radius 3 is 2.16 bits per heavy atom. The molecule has 1 aromatic heterocycles. The van der Waals surface area contributed by atoms with E-state index in [1.54, 1.807) is 56.0 Å². The van der Waals surface area contributed by atoms with E-state index < -0.39 is 35.1 Å². The molecular weight excluding hydrogens is 556 g/mol. The summed E-state index contributed by atoms with van der Waals surface area (Å²) in [7, 11) is 0. The number of amides is 3. The summed E-state index contributed by atoms with van der Waals surface area (Å²) in [6.45, 7) is 12.2. The first-order valence-corrected chi connectivity index (χ1v) is 14.1. The number of ether oxygens (including phenoxy) is 3. The van der Waals surface area contributed by atoms with Crippen LogP contribution in [0, 0.1) is 5.92 Å². The molecule has 228 valence electrons. The summed E-state index contributed by atoms with van der Waals surface area (Å²) in [4.78, 5) is 58.2. The molecule has 0 saturated carbocycles. The molecule has 0 bridgehead atoms. The minimum atomic E-state index is -1.40. The van der Waals surface area contributed by atoms with E-state index in [2.05, 4.69) is 5.10 Å². The van der Waals surface area contributed by atoms with Crippen molar-refractivity contribution in [2.24, 2.45) is 5.92 Å². The summed E-state index contributed by atoms with van der Waals surface area (Å²) >= 11 is 0. The van der Waals surface area contributed by atoms with E-state index in [4.69, 9.17) is 19.0 Å². The molecule has 1 fully saturated rings. The minimum Gasteiger partial charge on any atom is -0.490 e. The van der Waals surface area contributed by atoms with Gasteiger partial charge in [0.1, 0.15) is 23.6 Å². The molecule has 2 aliphatic heterocycles. The Hall–Kier alpha value is -4.45. The Labute approximate surface area is 249 Å². The van der Waals surface area contributed by atoms with Gasteiger partial charge >= 0.3 is 12.1 Å². The molecular formula is C31H36N4O8. The Bertz CT molecular complexity index is 1530. The van der Waals surface area contributed by atoms with Gasteiger partial charge in [-0.2, -0.15) is 5.10 Å². The zero-order valence-electron chi connectivity index (χ0n) is 25.2. The molecule has 3 aromatic rings. The lowest BCUT2D eigenvalue weighted by Crippen LogP contribution is -2.52. The number of hydrogen-bond acceptors (Lipinski definition) is 9. The van der Waals surface area contributed by atoms with E-state index in [1.165, 1.54) is 12.1 Å². The lowest BCUT2D eigenvalue weighted by Gasteiger charge is -2.39. The maximum atomic E-state index is 13.0. The van der Waals surface area contributed by atoms with Crippen molar-refractivity contribution in [2.75, 3.05) is 19.7 Å². The van der Waals surface area contributed by atoms with Crippen molar-refractivity contribution in [2.45, 2.75) is 65.4 Å². The smallest absolute Gasteiger partial charge is 0.410 e. The standard InChI is InChI=1S/C31H36N4O8/c1-30(2,3)41-28(38)25(43-35-26(36)22-9-7-8-10-23(22)27(35)37)18-40-21-11-12-24-20(13-21)17-34(32-24)16-19-14-33(15-19)29(39)42-31(4,5)6/h7-13,17,19,25H,14-16,18H2,1-6H3/t25-/m0/s1. The van der Waals surface area contributed by atoms with E-state index >= 15 is 0 Å². The van der Waals surface area contributed by atoms with E-state index in [-0.39, 0.29) is 29.7 Å². The fourth-order valence-electron chi connectivity index (χ4n) is 4.73. The predicted octanol–water partition coefficient (Wildman–Crippen LogP) is 4.22. The third kappa shape index (κ3) is 6.96. The quantitative estimate of drug-likeness (QED) is 0.279. The lowest BCUT2D eigenvalue weighted by molar-refractivity contribution is -0.193. The maximum absolute atomic E-state index is 13.0. The number of benzene rings is 2. The number of nitrogens with zero attached hydrogens (tertiary/aromatic N) is 4. The number of fused-ring (bicyclic) bond motifs is 2. The predicted molar refractivity (Wildman–Crippen MR) is 154 cm³/mol. The topological polar surface area (TPSA) is 130 Å². The summed E-state index contributed by atoms with van der Waals surface area (Å²) < 4.78 is 18.6. The molecule has 3 amide bonds. The highest BCUT2D eigenvalue weighted by atomic mass is 16.7. The molecule has 1 atom stereocenters. The van der Waals surface area contributed by atoms with Crippen molar-refractivity contribution in [1.82, 2.24) is 19.7 Å². The van der Waals surface area contributed by atoms with Crippen LogP contribution in [-0.4, -0.2) is 80.6 Å². The molecule has 3 heterocycles. The van der Waals surface area contributed by atoms with Crippen LogP contribution in [0.1, 0.15) is 62.3 Å². The SMILES string of the molecule is CC(C)(C)OC(=O)[C@H](COc1ccc2nn(CC3CN(C(=O)OC(C)(C)C)C3)cc2c1)ON1C(=O)c2ccccc2C1=O. The number of esters is 1. The molecule has 0 N–H and O–H groups in total. The number of imide groups is 1. The van der Waals surface area contributed by atoms with Crippen molar-refractivity contribution in [3.05, 3.63) is 59.8 Å². The second kappa shape index (κ2) is 11.3. The molecule has 5 rings (SSSR count). The van der Waals surface area contributed by atoms with Gasteiger partial charge in [-0.3, -0.25) is 14.3 Å². The zero-order valence-corrected chi connectivity index (χ0v) is 25.2. The third-order valence-corrected chi connectivity index (χ3v) is 6.64. The fraction of sp³-hybridized carbons (Fsp3) is 0.452. The van der Waals surface area contributed by atoms with Crippen LogP contribution in [0.5, 0.6) is 5.75 Å². The van der Waals surface area contributed by atoms with Crippen LogP contribution in [0.3, 0.4) is 0 Å². The first-order chi connectivity index (χ1) is 20.2. The van der Waals surface area contributed by atoms with Crippen molar-refractivity contribution in [1.29, 1.82) is 0 Å². The lowest BCUT2D eigenvalue weighted by atomic mass is 10.0. The van der Waals surface area contributed by atoms with E-state index in [0.717, 1.165) is 10.9 Å². The summed E-state index contributed by atoms with van der Waals surface area (Å²) in [5.74, 6) is -1.41. The number of hydrogen-bond donors (Lipinski definition) is 0. The average molecular weight is 593 g/mol. The van der Waals surface area contributed by atoms with Crippen molar-refractivity contribution >= 4 is 34.8 Å². The van der Waals surface area contributed by atoms with Crippen molar-refractivity contribution in [3.8, 4) is 5.75 Å². The number of carbonyl (C=O) groups excluding carboxylic acids is 4. The van der Waals surface area contributed by atoms with Gasteiger partial charge in [-0.15, -0.1) is 5.06 Å². The summed E-state index contributed by atoms with van der Waals surface area (Å²) in [6, 6.07) is 11.6. The minimum absolute atomic E-state index is 0.193. The normalized spacial score (nSPS) is 16.2. The van der Waals surface area contributed by atoms with Gasteiger partial charge in [0.15, 0.2) is 0 Å². The summed E-state index contributed by atoms with van der Waals surface area (Å²) in [5.41, 5.74) is -0.230. The second-order valence-electron chi connectivity index (χ2n) is 12.7. The van der Waals surface area contributed by atoms with E-state index in [9.17, 15) is 19.2 Å². The van der Waals surface area contributed by atoms with Gasteiger partial charge in [-0.1, -0.05) is 12.1 Å². The van der Waals surface area contributed by atoms with Crippen LogP contribution in [-0.2, 0) is 25.7 Å². The molecule has 2 aromatic carbocycles. The molecule has 0 spiro atoms. The van der Waals surface area contributed by atoms with Crippen LogP contribution in [0.4, 0.5) is 4.79 Å². The Morgan fingerprint density at radius 1 is 0.930 bits per heavy atom. The van der Waals surface area contributed by atoms with E-state index in [1.807, 2.05) is 31.6 Å². The van der Waals surface area contributed by atoms with Gasteiger partial charge in [-0.25, -0.2) is 14.4 Å². The molecule has 43 heavy (non-hydrogen) atoms. The third-order valence-electron chi connectivity index (χ3n) is 6.64. The second-order valence-corrected chi connectivity index (χ2v) is 12.7. The van der Waals surface area contributed by atoms with Crippen LogP contribution < -0.4 is 4.74 Å². The Balaban J connectivity index is 1.23. The molecule has 12 heteroatoms. The average Bonchev–Trinajstić information content (AvgIpc) is 3.39. The van der Waals surface area contributed by atoms with E-state index in [0.29, 0.717) is 30.4 Å². The summed E-state index contributed by atoms with van der Waals surface area (Å²) in [5, 5.41) is 6.02. The summed E-state index contributed by atoms with van der Waals surface area (Å²) in [6.07, 6.45) is 0.179. The molecule has 0 unspecified atom stereocenters. The number of likely N-dealkylation sites (tertiary alicyclic amines) is 1. The van der Waals surface area contributed by atoms with Gasteiger partial charge < -0.3 is 19.1 Å². The molecule has 0 aliphatic carbocycles. The molecule has 12 nitrogen and oxygen atoms in total. The van der Waals surface area contributed by atoms with Gasteiger partial charge in [0.05, 0.1) is 16.6 Å². The Morgan fingerprint density at radius 2 is 1.56 bits per heavy atom. The van der Waals surface area contributed by atoms with Gasteiger partial charge in [0.25, 0.3) is 11.8 Å². The molecule has 2 aliphatic rings. The largest absolute Gasteiger partial charge is 0.490 e. The first-order valence-electron chi connectivity index (χ1n) is 14.1. The zero-order chi connectivity index (χ0) is 31.1. The highest BCUT2D eigenvalue weighted by Crippen LogP contribution is 2.26. The van der Waals surface area contributed by atoms with Crippen molar-refractivity contribution in [3.63, 3.8) is 0 Å². The van der Waals surface area contributed by atoms with Crippen molar-refractivity contribution < 1.29 is 38.2 Å². The number of hydroxylamine groups is 2. The first kappa shape index (κ1) is 30.0. The highest BCUT2D eigenvalue weighted by Gasteiger charge is 2.41. The highest BCUT2D eigenvalue weighted by molar-refractivity contribution is 6.20. The van der Waals surface area contributed by atoms with Crippen LogP contribution >= 0.6 is 0 Å². The number of rotatable bonds is 8. The van der Waals surface area contributed by atoms with Crippen LogP contribution in [0.15, 0.2) is 48.7 Å².